The van der Waals surface area contributed by atoms with Gasteiger partial charge in [0.25, 0.3) is 0 Å². The summed E-state index contributed by atoms with van der Waals surface area (Å²) in [6, 6.07) is 11.2. The largest absolute Gasteiger partial charge is 0.248 e. The van der Waals surface area contributed by atoms with Gasteiger partial charge >= 0.3 is 0 Å². The molecule has 2 aromatic rings. The van der Waals surface area contributed by atoms with Crippen LogP contribution in [-0.2, 0) is 0 Å². The van der Waals surface area contributed by atoms with E-state index in [1.165, 1.54) is 11.8 Å². The highest BCUT2D eigenvalue weighted by Crippen LogP contribution is 2.33. The Labute approximate surface area is 117 Å². The Kier molecular flexibility index (Phi) is 4.06. The van der Waals surface area contributed by atoms with Gasteiger partial charge < -0.3 is 0 Å². The predicted molar refractivity (Wildman–Crippen MR) is 72.2 cm³/mol. The molecule has 0 aliphatic carbocycles. The van der Waals surface area contributed by atoms with Crippen molar-refractivity contribution in [3.8, 4) is 6.07 Å². The van der Waals surface area contributed by atoms with Crippen LogP contribution in [0.3, 0.4) is 0 Å². The second kappa shape index (κ2) is 5.54. The molecule has 0 radical (unpaired) electrons. The minimum absolute atomic E-state index is 0.619. The molecule has 0 aliphatic rings. The number of aromatic nitrogens is 1. The van der Waals surface area contributed by atoms with E-state index < -0.39 is 0 Å². The number of pyridine rings is 1. The van der Waals surface area contributed by atoms with Crippen molar-refractivity contribution in [2.75, 3.05) is 0 Å². The third-order valence-corrected chi connectivity index (χ3v) is 4.14. The van der Waals surface area contributed by atoms with Gasteiger partial charge in [-0.3, -0.25) is 0 Å². The zero-order valence-electron chi connectivity index (χ0n) is 8.52. The van der Waals surface area contributed by atoms with Gasteiger partial charge in [-0.05, 0) is 46.3 Å². The average Bonchev–Trinajstić information content (AvgIpc) is 2.34. The van der Waals surface area contributed by atoms with Gasteiger partial charge in [-0.1, -0.05) is 23.4 Å². The molecule has 0 N–H and O–H groups in total. The lowest BCUT2D eigenvalue weighted by Crippen LogP contribution is -1.82. The first kappa shape index (κ1) is 12.4. The lowest BCUT2D eigenvalue weighted by Gasteiger charge is -2.03. The van der Waals surface area contributed by atoms with E-state index in [1.54, 1.807) is 24.4 Å². The molecule has 0 saturated heterocycles. The standard InChI is InChI=1S/C12H6BrClN2S/c13-10-5-8(6-15)1-3-11(10)17-12-4-2-9(14)7-16-12/h1-5,7H. The van der Waals surface area contributed by atoms with Crippen LogP contribution in [0.25, 0.3) is 0 Å². The molecule has 2 nitrogen and oxygen atoms in total. The molecular weight excluding hydrogens is 320 g/mol. The number of nitrogens with zero attached hydrogens (tertiary/aromatic N) is 2. The van der Waals surface area contributed by atoms with Crippen LogP contribution in [0.5, 0.6) is 0 Å². The first-order chi connectivity index (χ1) is 8.19. The lowest BCUT2D eigenvalue weighted by atomic mass is 10.2. The van der Waals surface area contributed by atoms with E-state index in [0.717, 1.165) is 14.4 Å². The Morgan fingerprint density at radius 2 is 2.12 bits per heavy atom. The summed E-state index contributed by atoms with van der Waals surface area (Å²) in [5.74, 6) is 0. The number of hydrogen-bond acceptors (Lipinski definition) is 3. The Hall–Kier alpha value is -1.02. The summed E-state index contributed by atoms with van der Waals surface area (Å²) in [7, 11) is 0. The summed E-state index contributed by atoms with van der Waals surface area (Å²) in [6.07, 6.45) is 1.61. The zero-order valence-corrected chi connectivity index (χ0v) is 11.7. The van der Waals surface area contributed by atoms with Crippen LogP contribution < -0.4 is 0 Å². The highest BCUT2D eigenvalue weighted by atomic mass is 79.9. The Morgan fingerprint density at radius 3 is 2.71 bits per heavy atom. The third kappa shape index (κ3) is 3.22. The molecular formula is C12H6BrClN2S. The molecule has 0 fully saturated rings. The van der Waals surface area contributed by atoms with Gasteiger partial charge in [0.05, 0.1) is 16.7 Å². The fourth-order valence-electron chi connectivity index (χ4n) is 1.19. The Balaban J connectivity index is 2.25. The second-order valence-corrected chi connectivity index (χ2v) is 5.53. The van der Waals surface area contributed by atoms with Crippen LogP contribution in [0.4, 0.5) is 0 Å². The van der Waals surface area contributed by atoms with Crippen molar-refractivity contribution in [2.24, 2.45) is 0 Å². The van der Waals surface area contributed by atoms with Crippen molar-refractivity contribution in [3.05, 3.63) is 51.6 Å². The molecule has 5 heteroatoms. The highest BCUT2D eigenvalue weighted by molar-refractivity contribution is 9.10. The fourth-order valence-corrected chi connectivity index (χ4v) is 2.68. The maximum Gasteiger partial charge on any atom is 0.101 e. The van der Waals surface area contributed by atoms with E-state index >= 15 is 0 Å². The quantitative estimate of drug-likeness (QED) is 0.814. The molecule has 0 aliphatic heterocycles. The van der Waals surface area contributed by atoms with E-state index in [2.05, 4.69) is 27.0 Å². The smallest absolute Gasteiger partial charge is 0.101 e. The number of hydrogen-bond donors (Lipinski definition) is 0. The number of halogens is 2. The van der Waals surface area contributed by atoms with Gasteiger partial charge in [-0.25, -0.2) is 4.98 Å². The number of rotatable bonds is 2. The van der Waals surface area contributed by atoms with E-state index in [1.807, 2.05) is 12.1 Å². The van der Waals surface area contributed by atoms with Crippen molar-refractivity contribution >= 4 is 39.3 Å². The van der Waals surface area contributed by atoms with Crippen molar-refractivity contribution in [1.82, 2.24) is 4.98 Å². The average molecular weight is 326 g/mol. The van der Waals surface area contributed by atoms with Gasteiger partial charge in [-0.15, -0.1) is 0 Å². The molecule has 1 aromatic heterocycles. The monoisotopic (exact) mass is 324 g/mol. The third-order valence-electron chi connectivity index (χ3n) is 1.98. The van der Waals surface area contributed by atoms with Crippen LogP contribution >= 0.6 is 39.3 Å². The summed E-state index contributed by atoms with van der Waals surface area (Å²) in [4.78, 5) is 5.22. The SMILES string of the molecule is N#Cc1ccc(Sc2ccc(Cl)cn2)c(Br)c1. The molecule has 0 unspecified atom stereocenters. The summed E-state index contributed by atoms with van der Waals surface area (Å²) < 4.78 is 0.887. The van der Waals surface area contributed by atoms with Gasteiger partial charge in [0.1, 0.15) is 5.03 Å². The molecule has 84 valence electrons. The number of nitriles is 1. The maximum absolute atomic E-state index is 8.77. The first-order valence-electron chi connectivity index (χ1n) is 4.68. The maximum atomic E-state index is 8.77. The molecule has 0 spiro atoms. The second-order valence-electron chi connectivity index (χ2n) is 3.17. The zero-order chi connectivity index (χ0) is 12.3. The summed E-state index contributed by atoms with van der Waals surface area (Å²) in [5, 5.41) is 10.2. The van der Waals surface area contributed by atoms with Crippen LogP contribution in [0.15, 0.2) is 50.9 Å². The van der Waals surface area contributed by atoms with E-state index in [4.69, 9.17) is 16.9 Å². The van der Waals surface area contributed by atoms with Crippen LogP contribution in [-0.4, -0.2) is 4.98 Å². The summed E-state index contributed by atoms with van der Waals surface area (Å²) in [5.41, 5.74) is 0.630. The first-order valence-corrected chi connectivity index (χ1v) is 6.67. The lowest BCUT2D eigenvalue weighted by molar-refractivity contribution is 1.13. The molecule has 0 bridgehead atoms. The molecule has 0 atom stereocenters. The van der Waals surface area contributed by atoms with Crippen molar-refractivity contribution in [3.63, 3.8) is 0 Å². The van der Waals surface area contributed by atoms with Gasteiger partial charge in [0.15, 0.2) is 0 Å². The van der Waals surface area contributed by atoms with Gasteiger partial charge in [0, 0.05) is 15.6 Å². The molecule has 0 saturated carbocycles. The Bertz CT molecular complexity index is 578. The van der Waals surface area contributed by atoms with Crippen molar-refractivity contribution in [2.45, 2.75) is 9.92 Å². The topological polar surface area (TPSA) is 36.7 Å². The van der Waals surface area contributed by atoms with Crippen LogP contribution in [0.1, 0.15) is 5.56 Å². The predicted octanol–water partition coefficient (Wildman–Crippen LogP) is 4.52. The van der Waals surface area contributed by atoms with Crippen molar-refractivity contribution in [1.29, 1.82) is 5.26 Å². The minimum atomic E-state index is 0.619. The van der Waals surface area contributed by atoms with Crippen molar-refractivity contribution < 1.29 is 0 Å². The summed E-state index contributed by atoms with van der Waals surface area (Å²) in [6.45, 7) is 0. The highest BCUT2D eigenvalue weighted by Gasteiger charge is 2.04. The Morgan fingerprint density at radius 1 is 1.29 bits per heavy atom. The van der Waals surface area contributed by atoms with Crippen LogP contribution in [0.2, 0.25) is 5.02 Å². The fraction of sp³-hybridized carbons (Fsp3) is 0. The molecule has 1 aromatic carbocycles. The van der Waals surface area contributed by atoms with E-state index in [0.29, 0.717) is 10.6 Å². The summed E-state index contributed by atoms with van der Waals surface area (Å²) >= 11 is 10.7. The molecule has 2 rings (SSSR count). The minimum Gasteiger partial charge on any atom is -0.248 e. The molecule has 17 heavy (non-hydrogen) atoms. The molecule has 1 heterocycles. The normalized spacial score (nSPS) is 9.94. The van der Waals surface area contributed by atoms with E-state index in [9.17, 15) is 0 Å². The van der Waals surface area contributed by atoms with Gasteiger partial charge in [-0.2, -0.15) is 5.26 Å². The van der Waals surface area contributed by atoms with Crippen LogP contribution in [0, 0.1) is 11.3 Å². The van der Waals surface area contributed by atoms with E-state index in [-0.39, 0.29) is 0 Å². The molecule has 0 amide bonds. The number of benzene rings is 1. The van der Waals surface area contributed by atoms with Gasteiger partial charge in [0.2, 0.25) is 0 Å².